The maximum atomic E-state index is 13.3. The lowest BCUT2D eigenvalue weighted by Crippen LogP contribution is -2.50. The van der Waals surface area contributed by atoms with Crippen molar-refractivity contribution < 1.29 is 8.96 Å². The largest absolute Gasteiger partial charge is 0.213 e. The lowest BCUT2D eigenvalue weighted by atomic mass is 9.93. The van der Waals surface area contributed by atoms with Gasteiger partial charge in [0.05, 0.1) is 5.56 Å². The molecule has 1 nitrogen and oxygen atoms in total. The van der Waals surface area contributed by atoms with E-state index in [2.05, 4.69) is 18.4 Å². The molecule has 0 aliphatic carbocycles. The fraction of sp³-hybridized carbons (Fsp3) is 0.214. The predicted octanol–water partition coefficient (Wildman–Crippen LogP) is 2.88. The molecular weight excluding hydrogens is 201 g/mol. The smallest absolute Gasteiger partial charge is 0.207 e. The van der Waals surface area contributed by atoms with Crippen molar-refractivity contribution in [1.29, 1.82) is 0 Å². The normalized spacial score (nSPS) is 15.7. The molecule has 2 heterocycles. The number of aromatic nitrogens is 1. The molecule has 0 saturated carbocycles. The Balaban J connectivity index is 2.40. The summed E-state index contributed by atoms with van der Waals surface area (Å²) in [6, 6.07) is 11.1. The fourth-order valence-electron chi connectivity index (χ4n) is 2.54. The molecule has 1 aromatic heterocycles. The molecule has 0 atom stereocenters. The van der Waals surface area contributed by atoms with Gasteiger partial charge in [-0.1, -0.05) is 0 Å². The Kier molecular flexibility index (Phi) is 1.73. The molecule has 1 aliphatic rings. The van der Waals surface area contributed by atoms with Gasteiger partial charge in [-0.05, 0) is 24.3 Å². The molecule has 0 radical (unpaired) electrons. The van der Waals surface area contributed by atoms with Crippen molar-refractivity contribution in [2.75, 3.05) is 0 Å². The van der Waals surface area contributed by atoms with Gasteiger partial charge in [0.15, 0.2) is 11.7 Å². The van der Waals surface area contributed by atoms with Crippen LogP contribution in [0.5, 0.6) is 0 Å². The minimum atomic E-state index is -0.174. The van der Waals surface area contributed by atoms with Crippen molar-refractivity contribution >= 4 is 0 Å². The van der Waals surface area contributed by atoms with E-state index in [1.807, 2.05) is 30.5 Å². The molecular formula is C14H13FN+. The number of pyridine rings is 1. The van der Waals surface area contributed by atoms with Crippen LogP contribution in [0.3, 0.4) is 0 Å². The first-order valence-corrected chi connectivity index (χ1v) is 5.42. The number of hydrogen-bond acceptors (Lipinski definition) is 0. The first kappa shape index (κ1) is 9.52. The molecule has 0 N–H and O–H groups in total. The van der Waals surface area contributed by atoms with Gasteiger partial charge < -0.3 is 0 Å². The molecule has 0 saturated heterocycles. The van der Waals surface area contributed by atoms with Crippen LogP contribution >= 0.6 is 0 Å². The Morgan fingerprint density at radius 3 is 2.75 bits per heavy atom. The van der Waals surface area contributed by atoms with Crippen LogP contribution in [0.2, 0.25) is 0 Å². The minimum Gasteiger partial charge on any atom is -0.207 e. The monoisotopic (exact) mass is 214 g/mol. The third-order valence-electron chi connectivity index (χ3n) is 3.38. The number of nitrogens with zero attached hydrogens (tertiary/aromatic N) is 1. The number of benzene rings is 1. The van der Waals surface area contributed by atoms with Crippen LogP contribution in [0, 0.1) is 5.82 Å². The van der Waals surface area contributed by atoms with Gasteiger partial charge in [0.25, 0.3) is 0 Å². The Hall–Kier alpha value is -1.70. The quantitative estimate of drug-likeness (QED) is 0.594. The topological polar surface area (TPSA) is 3.88 Å². The summed E-state index contributed by atoms with van der Waals surface area (Å²) in [5.74, 6) is -0.174. The van der Waals surface area contributed by atoms with E-state index in [0.29, 0.717) is 0 Å². The predicted molar refractivity (Wildman–Crippen MR) is 60.5 cm³/mol. The number of hydrogen-bond donors (Lipinski definition) is 0. The molecule has 0 amide bonds. The zero-order chi connectivity index (χ0) is 11.3. The van der Waals surface area contributed by atoms with Crippen LogP contribution in [0.1, 0.15) is 19.4 Å². The first-order chi connectivity index (χ1) is 7.60. The van der Waals surface area contributed by atoms with E-state index < -0.39 is 0 Å². The van der Waals surface area contributed by atoms with Crippen molar-refractivity contribution in [2.45, 2.75) is 19.4 Å². The second kappa shape index (κ2) is 2.91. The summed E-state index contributed by atoms with van der Waals surface area (Å²) >= 11 is 0. The van der Waals surface area contributed by atoms with E-state index >= 15 is 0 Å². The molecule has 2 heteroatoms. The summed E-state index contributed by atoms with van der Waals surface area (Å²) in [4.78, 5) is 0. The van der Waals surface area contributed by atoms with Gasteiger partial charge >= 0.3 is 0 Å². The fourth-order valence-corrected chi connectivity index (χ4v) is 2.54. The van der Waals surface area contributed by atoms with Gasteiger partial charge in [-0.25, -0.2) is 4.39 Å². The highest BCUT2D eigenvalue weighted by molar-refractivity contribution is 5.65. The molecule has 16 heavy (non-hydrogen) atoms. The summed E-state index contributed by atoms with van der Waals surface area (Å²) in [7, 11) is 0. The van der Waals surface area contributed by atoms with Crippen LogP contribution in [0.25, 0.3) is 11.3 Å². The first-order valence-electron chi connectivity index (χ1n) is 5.42. The maximum absolute atomic E-state index is 13.3. The number of halogens is 1. The van der Waals surface area contributed by atoms with Crippen LogP contribution in [0.15, 0.2) is 42.6 Å². The zero-order valence-corrected chi connectivity index (χ0v) is 9.37. The molecule has 0 bridgehead atoms. The summed E-state index contributed by atoms with van der Waals surface area (Å²) in [6.45, 7) is 4.31. The second-order valence-electron chi connectivity index (χ2n) is 4.70. The average molecular weight is 214 g/mol. The molecule has 0 unspecified atom stereocenters. The molecule has 80 valence electrons. The number of fused-ring (bicyclic) bond motifs is 3. The van der Waals surface area contributed by atoms with Crippen molar-refractivity contribution in [3.8, 4) is 11.3 Å². The van der Waals surface area contributed by atoms with Gasteiger partial charge in [-0.2, -0.15) is 4.57 Å². The van der Waals surface area contributed by atoms with Gasteiger partial charge in [-0.3, -0.25) is 0 Å². The van der Waals surface area contributed by atoms with Gasteiger partial charge in [0.2, 0.25) is 5.69 Å². The van der Waals surface area contributed by atoms with Crippen molar-refractivity contribution in [2.24, 2.45) is 0 Å². The lowest BCUT2D eigenvalue weighted by Gasteiger charge is -2.14. The van der Waals surface area contributed by atoms with Crippen molar-refractivity contribution in [1.82, 2.24) is 0 Å². The third kappa shape index (κ3) is 1.07. The molecule has 2 aromatic rings. The molecule has 1 aromatic carbocycles. The summed E-state index contributed by atoms with van der Waals surface area (Å²) in [5, 5.41) is 0. The second-order valence-corrected chi connectivity index (χ2v) is 4.70. The minimum absolute atomic E-state index is 0.0976. The number of rotatable bonds is 0. The van der Waals surface area contributed by atoms with E-state index in [1.165, 1.54) is 11.6 Å². The zero-order valence-electron chi connectivity index (χ0n) is 9.37. The molecule has 0 fully saturated rings. The van der Waals surface area contributed by atoms with Crippen molar-refractivity contribution in [3.05, 3.63) is 54.0 Å². The van der Waals surface area contributed by atoms with Crippen LogP contribution in [-0.4, -0.2) is 0 Å². The van der Waals surface area contributed by atoms with Crippen LogP contribution in [-0.2, 0) is 5.54 Å². The lowest BCUT2D eigenvalue weighted by molar-refractivity contribution is -0.731. The van der Waals surface area contributed by atoms with Crippen molar-refractivity contribution in [3.63, 3.8) is 0 Å². The SMILES string of the molecule is CC1(C)c2ccc(F)cc2-c2cccc[n+]21. The standard InChI is InChI=1S/C14H13FN/c1-14(2)12-7-6-10(15)9-11(12)13-5-3-4-8-16(13)14/h3-9H,1-2H3/q+1. The van der Waals surface area contributed by atoms with E-state index in [1.54, 1.807) is 6.07 Å². The third-order valence-corrected chi connectivity index (χ3v) is 3.38. The maximum Gasteiger partial charge on any atom is 0.213 e. The summed E-state index contributed by atoms with van der Waals surface area (Å²) in [5.41, 5.74) is 3.17. The van der Waals surface area contributed by atoms with Gasteiger partial charge in [-0.15, -0.1) is 0 Å². The molecule has 0 spiro atoms. The summed E-state index contributed by atoms with van der Waals surface area (Å²) in [6.07, 6.45) is 2.05. The Bertz CT molecular complexity index is 573. The highest BCUT2D eigenvalue weighted by Crippen LogP contribution is 2.36. The molecule has 1 aliphatic heterocycles. The van der Waals surface area contributed by atoms with E-state index in [4.69, 9.17) is 0 Å². The van der Waals surface area contributed by atoms with E-state index in [9.17, 15) is 4.39 Å². The Morgan fingerprint density at radius 2 is 1.94 bits per heavy atom. The van der Waals surface area contributed by atoms with E-state index in [-0.39, 0.29) is 11.4 Å². The average Bonchev–Trinajstić information content (AvgIpc) is 2.49. The molecule has 3 rings (SSSR count). The van der Waals surface area contributed by atoms with Gasteiger partial charge in [0.1, 0.15) is 5.82 Å². The Morgan fingerprint density at radius 1 is 1.12 bits per heavy atom. The van der Waals surface area contributed by atoms with Crippen LogP contribution in [0.4, 0.5) is 4.39 Å². The summed E-state index contributed by atoms with van der Waals surface area (Å²) < 4.78 is 15.5. The Labute approximate surface area is 94.2 Å². The van der Waals surface area contributed by atoms with E-state index in [0.717, 1.165) is 11.3 Å². The highest BCUT2D eigenvalue weighted by Gasteiger charge is 2.42. The highest BCUT2D eigenvalue weighted by atomic mass is 19.1. The van der Waals surface area contributed by atoms with Crippen LogP contribution < -0.4 is 4.57 Å². The van der Waals surface area contributed by atoms with Gasteiger partial charge in [0, 0.05) is 31.5 Å².